The number of anilines is 1. The number of rotatable bonds is 9. The van der Waals surface area contributed by atoms with Gasteiger partial charge in [0.2, 0.25) is 0 Å². The molecule has 9 nitrogen and oxygen atoms in total. The van der Waals surface area contributed by atoms with Gasteiger partial charge in [-0.2, -0.15) is 5.10 Å². The lowest BCUT2D eigenvalue weighted by molar-refractivity contribution is -0.384. The number of hydrazone groups is 1. The number of nitrogens with one attached hydrogen (secondary N) is 1. The molecular weight excluding hydrogens is 444 g/mol. The minimum Gasteiger partial charge on any atom is -0.271 e. The minimum absolute atomic E-state index is 0.0591. The van der Waals surface area contributed by atoms with E-state index in [9.17, 15) is 23.3 Å². The van der Waals surface area contributed by atoms with Crippen LogP contribution in [-0.2, 0) is 21.2 Å². The van der Waals surface area contributed by atoms with Crippen molar-refractivity contribution in [2.75, 3.05) is 10.8 Å². The first-order valence-corrected chi connectivity index (χ1v) is 11.5. The van der Waals surface area contributed by atoms with E-state index in [1.54, 1.807) is 48.5 Å². The molecule has 0 aromatic heterocycles. The Bertz CT molecular complexity index is 1280. The average molecular weight is 467 g/mol. The number of nitro groups is 1. The number of hydrogen-bond acceptors (Lipinski definition) is 6. The lowest BCUT2D eigenvalue weighted by Gasteiger charge is -2.25. The summed E-state index contributed by atoms with van der Waals surface area (Å²) in [5.74, 6) is -0.665. The Labute approximate surface area is 191 Å². The van der Waals surface area contributed by atoms with E-state index in [-0.39, 0.29) is 10.6 Å². The van der Waals surface area contributed by atoms with E-state index < -0.39 is 27.4 Å². The molecule has 0 aliphatic rings. The molecule has 0 aliphatic carbocycles. The number of carbonyl (C=O) groups is 1. The summed E-state index contributed by atoms with van der Waals surface area (Å²) >= 11 is 0. The second kappa shape index (κ2) is 10.5. The normalized spacial score (nSPS) is 11.3. The maximum absolute atomic E-state index is 13.4. The maximum Gasteiger partial charge on any atom is 0.270 e. The summed E-state index contributed by atoms with van der Waals surface area (Å²) in [5, 5.41) is 14.7. The minimum atomic E-state index is -4.03. The molecule has 0 atom stereocenters. The molecule has 0 heterocycles. The summed E-state index contributed by atoms with van der Waals surface area (Å²) in [6.45, 7) is 1.40. The monoisotopic (exact) mass is 466 g/mol. The Kier molecular flexibility index (Phi) is 7.52. The van der Waals surface area contributed by atoms with Gasteiger partial charge in [0.05, 0.1) is 21.7 Å². The number of carbonyl (C=O) groups excluding carboxylic acids is 1. The van der Waals surface area contributed by atoms with Crippen molar-refractivity contribution in [3.05, 3.63) is 100 Å². The second-order valence-corrected chi connectivity index (χ2v) is 8.81. The predicted molar refractivity (Wildman–Crippen MR) is 126 cm³/mol. The zero-order valence-corrected chi connectivity index (χ0v) is 18.6. The van der Waals surface area contributed by atoms with E-state index in [1.165, 1.54) is 36.5 Å². The smallest absolute Gasteiger partial charge is 0.270 e. The fourth-order valence-electron chi connectivity index (χ4n) is 3.14. The predicted octanol–water partition coefficient (Wildman–Crippen LogP) is 3.50. The molecule has 0 saturated carbocycles. The molecule has 0 saturated heterocycles. The topological polar surface area (TPSA) is 122 Å². The highest BCUT2D eigenvalue weighted by atomic mass is 32.2. The Morgan fingerprint density at radius 2 is 1.76 bits per heavy atom. The molecule has 3 aromatic carbocycles. The largest absolute Gasteiger partial charge is 0.271 e. The third kappa shape index (κ3) is 5.80. The van der Waals surface area contributed by atoms with Crippen molar-refractivity contribution in [1.82, 2.24) is 5.43 Å². The van der Waals surface area contributed by atoms with Crippen LogP contribution >= 0.6 is 0 Å². The van der Waals surface area contributed by atoms with E-state index in [2.05, 4.69) is 10.5 Å². The van der Waals surface area contributed by atoms with Gasteiger partial charge in [0.15, 0.2) is 0 Å². The first-order chi connectivity index (χ1) is 15.8. The zero-order chi connectivity index (χ0) is 23.8. The van der Waals surface area contributed by atoms with Gasteiger partial charge in [0.25, 0.3) is 21.6 Å². The van der Waals surface area contributed by atoms with E-state index >= 15 is 0 Å². The van der Waals surface area contributed by atoms with E-state index in [1.807, 2.05) is 6.92 Å². The van der Waals surface area contributed by atoms with Crippen LogP contribution in [0.4, 0.5) is 11.4 Å². The third-order valence-corrected chi connectivity index (χ3v) is 6.52. The molecule has 3 rings (SSSR count). The summed E-state index contributed by atoms with van der Waals surface area (Å²) < 4.78 is 27.8. The molecule has 0 bridgehead atoms. The average Bonchev–Trinajstić information content (AvgIpc) is 2.83. The Morgan fingerprint density at radius 3 is 2.45 bits per heavy atom. The van der Waals surface area contributed by atoms with Crippen molar-refractivity contribution in [2.45, 2.75) is 18.2 Å². The maximum atomic E-state index is 13.4. The van der Waals surface area contributed by atoms with Crippen LogP contribution in [0.1, 0.15) is 18.1 Å². The van der Waals surface area contributed by atoms with Gasteiger partial charge < -0.3 is 0 Å². The van der Waals surface area contributed by atoms with Crippen LogP contribution in [0.5, 0.6) is 0 Å². The number of amides is 1. The number of nitrogens with zero attached hydrogens (tertiary/aromatic N) is 3. The highest BCUT2D eigenvalue weighted by Gasteiger charge is 2.28. The molecule has 0 radical (unpaired) electrons. The van der Waals surface area contributed by atoms with Crippen LogP contribution in [0.15, 0.2) is 88.9 Å². The number of sulfonamides is 1. The van der Waals surface area contributed by atoms with Crippen molar-refractivity contribution in [3.8, 4) is 0 Å². The van der Waals surface area contributed by atoms with Crippen LogP contribution in [0.3, 0.4) is 0 Å². The van der Waals surface area contributed by atoms with Crippen molar-refractivity contribution in [2.24, 2.45) is 5.10 Å². The van der Waals surface area contributed by atoms with Gasteiger partial charge >= 0.3 is 0 Å². The van der Waals surface area contributed by atoms with E-state index in [0.717, 1.165) is 9.87 Å². The molecule has 3 aromatic rings. The van der Waals surface area contributed by atoms with Gasteiger partial charge in [-0.3, -0.25) is 19.2 Å². The van der Waals surface area contributed by atoms with Crippen LogP contribution in [0, 0.1) is 10.1 Å². The van der Waals surface area contributed by atoms with Gasteiger partial charge in [-0.25, -0.2) is 13.8 Å². The summed E-state index contributed by atoms with van der Waals surface area (Å²) in [7, 11) is -4.03. The third-order valence-electron chi connectivity index (χ3n) is 4.74. The number of hydrogen-bond donors (Lipinski definition) is 1. The van der Waals surface area contributed by atoms with Gasteiger partial charge in [-0.1, -0.05) is 55.5 Å². The number of aryl methyl sites for hydroxylation is 1. The molecule has 10 heteroatoms. The molecular formula is C23H22N4O5S. The highest BCUT2D eigenvalue weighted by Crippen LogP contribution is 2.27. The summed E-state index contributed by atoms with van der Waals surface area (Å²) in [6.07, 6.45) is 1.82. The molecule has 1 amide bonds. The lowest BCUT2D eigenvalue weighted by Crippen LogP contribution is -2.40. The first kappa shape index (κ1) is 23.6. The Balaban J connectivity index is 1.85. The second-order valence-electron chi connectivity index (χ2n) is 6.95. The lowest BCUT2D eigenvalue weighted by atomic mass is 10.1. The molecule has 0 unspecified atom stereocenters. The number of benzene rings is 3. The van der Waals surface area contributed by atoms with Crippen molar-refractivity contribution in [3.63, 3.8) is 0 Å². The summed E-state index contributed by atoms with van der Waals surface area (Å²) in [4.78, 5) is 23.0. The number of nitro benzene ring substituents is 1. The quantitative estimate of drug-likeness (QED) is 0.294. The molecule has 1 N–H and O–H groups in total. The highest BCUT2D eigenvalue weighted by molar-refractivity contribution is 7.92. The van der Waals surface area contributed by atoms with E-state index in [4.69, 9.17) is 0 Å². The summed E-state index contributed by atoms with van der Waals surface area (Å²) in [6, 6.07) is 20.6. The SMILES string of the molecule is CCc1ccccc1N(CC(=O)N/N=C\c1cccc([N+](=O)[O-])c1)S(=O)(=O)c1ccccc1. The standard InChI is InChI=1S/C23H22N4O5S/c1-2-19-10-6-7-14-22(19)26(33(31,32)21-12-4-3-5-13-21)17-23(28)25-24-16-18-9-8-11-20(15-18)27(29)30/h3-16H,2,17H2,1H3,(H,25,28)/b24-16-. The fourth-order valence-corrected chi connectivity index (χ4v) is 4.62. The number of para-hydroxylation sites is 1. The molecule has 0 aliphatic heterocycles. The van der Waals surface area contributed by atoms with E-state index in [0.29, 0.717) is 17.7 Å². The van der Waals surface area contributed by atoms with Crippen LogP contribution in [-0.4, -0.2) is 32.0 Å². The molecule has 0 fully saturated rings. The van der Waals surface area contributed by atoms with Gasteiger partial charge in [0.1, 0.15) is 6.54 Å². The fraction of sp³-hybridized carbons (Fsp3) is 0.130. The van der Waals surface area contributed by atoms with Gasteiger partial charge in [0, 0.05) is 17.7 Å². The zero-order valence-electron chi connectivity index (χ0n) is 17.8. The molecule has 33 heavy (non-hydrogen) atoms. The Hall–Kier alpha value is -4.05. The van der Waals surface area contributed by atoms with Crippen molar-refractivity contribution in [1.29, 1.82) is 0 Å². The van der Waals surface area contributed by atoms with Crippen LogP contribution in [0.25, 0.3) is 0 Å². The molecule has 170 valence electrons. The van der Waals surface area contributed by atoms with Crippen LogP contribution < -0.4 is 9.73 Å². The number of non-ortho nitro benzene ring substituents is 1. The van der Waals surface area contributed by atoms with Crippen LogP contribution in [0.2, 0.25) is 0 Å². The van der Waals surface area contributed by atoms with Crippen molar-refractivity contribution >= 4 is 33.5 Å². The first-order valence-electron chi connectivity index (χ1n) is 10.0. The van der Waals surface area contributed by atoms with Gasteiger partial charge in [-0.05, 0) is 30.2 Å². The Morgan fingerprint density at radius 1 is 1.06 bits per heavy atom. The van der Waals surface area contributed by atoms with Crippen molar-refractivity contribution < 1.29 is 18.1 Å². The van der Waals surface area contributed by atoms with Gasteiger partial charge in [-0.15, -0.1) is 0 Å². The molecule has 0 spiro atoms. The summed E-state index contributed by atoms with van der Waals surface area (Å²) in [5.41, 5.74) is 3.77.